The fourth-order valence-corrected chi connectivity index (χ4v) is 2.94. The van der Waals surface area contributed by atoms with Crippen molar-refractivity contribution in [3.05, 3.63) is 46.8 Å². The number of nitrogens with one attached hydrogen (secondary N) is 1. The number of benzene rings is 1. The van der Waals surface area contributed by atoms with Gasteiger partial charge in [0.1, 0.15) is 11.6 Å². The molecule has 1 aliphatic heterocycles. The smallest absolute Gasteiger partial charge is 0.123 e. The van der Waals surface area contributed by atoms with E-state index in [1.54, 1.807) is 6.07 Å². The SMILES string of the molecule is Cc1cc(F)ccc1-n1c(C(C)(C)C)nc2c1CCNC2. The highest BCUT2D eigenvalue weighted by Gasteiger charge is 2.28. The van der Waals surface area contributed by atoms with Gasteiger partial charge in [0.2, 0.25) is 0 Å². The maximum Gasteiger partial charge on any atom is 0.123 e. The molecule has 1 aromatic heterocycles. The van der Waals surface area contributed by atoms with Crippen LogP contribution in [-0.2, 0) is 18.4 Å². The second-order valence-electron chi connectivity index (χ2n) is 6.77. The van der Waals surface area contributed by atoms with Crippen LogP contribution in [0.5, 0.6) is 0 Å². The summed E-state index contributed by atoms with van der Waals surface area (Å²) in [6.45, 7) is 10.2. The molecular formula is C17H22FN3. The molecule has 1 N–H and O–H groups in total. The average molecular weight is 287 g/mol. The first kappa shape index (κ1) is 14.3. The summed E-state index contributed by atoms with van der Waals surface area (Å²) in [7, 11) is 0. The summed E-state index contributed by atoms with van der Waals surface area (Å²) in [5.41, 5.74) is 4.30. The molecule has 0 saturated heterocycles. The predicted molar refractivity (Wildman–Crippen MR) is 82.4 cm³/mol. The van der Waals surface area contributed by atoms with E-state index in [2.05, 4.69) is 30.7 Å². The second-order valence-corrected chi connectivity index (χ2v) is 6.77. The van der Waals surface area contributed by atoms with Crippen molar-refractivity contribution in [1.29, 1.82) is 0 Å². The molecule has 0 radical (unpaired) electrons. The van der Waals surface area contributed by atoms with Gasteiger partial charge >= 0.3 is 0 Å². The number of fused-ring (bicyclic) bond motifs is 1. The minimum absolute atomic E-state index is 0.0574. The van der Waals surface area contributed by atoms with Gasteiger partial charge in [0.15, 0.2) is 0 Å². The van der Waals surface area contributed by atoms with Crippen molar-refractivity contribution in [2.75, 3.05) is 6.54 Å². The monoisotopic (exact) mass is 287 g/mol. The minimum Gasteiger partial charge on any atom is -0.311 e. The molecule has 0 fully saturated rings. The zero-order valence-electron chi connectivity index (χ0n) is 13.1. The van der Waals surface area contributed by atoms with Crippen LogP contribution in [0.25, 0.3) is 5.69 Å². The summed E-state index contributed by atoms with van der Waals surface area (Å²) in [6.07, 6.45) is 0.954. The molecular weight excluding hydrogens is 265 g/mol. The van der Waals surface area contributed by atoms with Crippen molar-refractivity contribution >= 4 is 0 Å². The van der Waals surface area contributed by atoms with Gasteiger partial charge in [-0.15, -0.1) is 0 Å². The van der Waals surface area contributed by atoms with Crippen molar-refractivity contribution in [2.24, 2.45) is 0 Å². The summed E-state index contributed by atoms with van der Waals surface area (Å²) in [4.78, 5) is 4.87. The lowest BCUT2D eigenvalue weighted by molar-refractivity contribution is 0.532. The number of halogens is 1. The zero-order chi connectivity index (χ0) is 15.2. The van der Waals surface area contributed by atoms with Gasteiger partial charge in [0.05, 0.1) is 11.4 Å². The average Bonchev–Trinajstić information content (AvgIpc) is 2.78. The van der Waals surface area contributed by atoms with Crippen LogP contribution in [0.3, 0.4) is 0 Å². The van der Waals surface area contributed by atoms with Crippen molar-refractivity contribution in [3.63, 3.8) is 0 Å². The maximum absolute atomic E-state index is 13.4. The quantitative estimate of drug-likeness (QED) is 0.872. The standard InChI is InChI=1S/C17H22FN3/c1-11-9-12(18)5-6-14(11)21-15-7-8-19-10-13(15)20-16(21)17(2,3)4/h5-6,9,19H,7-8,10H2,1-4H3. The molecule has 0 bridgehead atoms. The fraction of sp³-hybridized carbons (Fsp3) is 0.471. The number of aromatic nitrogens is 2. The highest BCUT2D eigenvalue weighted by molar-refractivity contribution is 5.45. The van der Waals surface area contributed by atoms with Crippen LogP contribution in [0.4, 0.5) is 4.39 Å². The van der Waals surface area contributed by atoms with Gasteiger partial charge in [-0.1, -0.05) is 20.8 Å². The van der Waals surface area contributed by atoms with Crippen molar-refractivity contribution in [1.82, 2.24) is 14.9 Å². The Morgan fingerprint density at radius 2 is 2.05 bits per heavy atom. The number of hydrogen-bond donors (Lipinski definition) is 1. The Bertz CT molecular complexity index is 680. The Morgan fingerprint density at radius 1 is 1.29 bits per heavy atom. The van der Waals surface area contributed by atoms with E-state index in [0.717, 1.165) is 42.3 Å². The number of rotatable bonds is 1. The normalized spacial score (nSPS) is 15.1. The maximum atomic E-state index is 13.4. The summed E-state index contributed by atoms with van der Waals surface area (Å²) >= 11 is 0. The summed E-state index contributed by atoms with van der Waals surface area (Å²) in [6, 6.07) is 4.99. The van der Waals surface area contributed by atoms with Gasteiger partial charge in [0, 0.05) is 30.6 Å². The Morgan fingerprint density at radius 3 is 2.71 bits per heavy atom. The van der Waals surface area contributed by atoms with Gasteiger partial charge in [-0.25, -0.2) is 9.37 Å². The molecule has 0 atom stereocenters. The highest BCUT2D eigenvalue weighted by Crippen LogP contribution is 2.30. The van der Waals surface area contributed by atoms with Crippen LogP contribution >= 0.6 is 0 Å². The molecule has 3 nitrogen and oxygen atoms in total. The van der Waals surface area contributed by atoms with E-state index in [4.69, 9.17) is 4.98 Å². The molecule has 21 heavy (non-hydrogen) atoms. The third-order valence-corrected chi connectivity index (χ3v) is 3.96. The lowest BCUT2D eigenvalue weighted by Crippen LogP contribution is -2.25. The van der Waals surface area contributed by atoms with Crippen LogP contribution in [0, 0.1) is 12.7 Å². The summed E-state index contributed by atoms with van der Waals surface area (Å²) in [5.74, 6) is 0.857. The molecule has 0 saturated carbocycles. The van der Waals surface area contributed by atoms with Gasteiger partial charge in [0.25, 0.3) is 0 Å². The molecule has 2 heterocycles. The van der Waals surface area contributed by atoms with Gasteiger partial charge < -0.3 is 5.32 Å². The molecule has 0 unspecified atom stereocenters. The summed E-state index contributed by atoms with van der Waals surface area (Å²) < 4.78 is 15.7. The molecule has 0 aliphatic carbocycles. The highest BCUT2D eigenvalue weighted by atomic mass is 19.1. The van der Waals surface area contributed by atoms with E-state index in [1.807, 2.05) is 13.0 Å². The van der Waals surface area contributed by atoms with Crippen molar-refractivity contribution < 1.29 is 4.39 Å². The first-order valence-electron chi connectivity index (χ1n) is 7.46. The number of hydrogen-bond acceptors (Lipinski definition) is 2. The van der Waals surface area contributed by atoms with Crippen LogP contribution in [0.1, 0.15) is 43.5 Å². The number of imidazole rings is 1. The van der Waals surface area contributed by atoms with E-state index >= 15 is 0 Å². The van der Waals surface area contributed by atoms with Crippen LogP contribution in [-0.4, -0.2) is 16.1 Å². The number of nitrogens with zero attached hydrogens (tertiary/aromatic N) is 2. The molecule has 112 valence electrons. The topological polar surface area (TPSA) is 29.9 Å². The molecule has 4 heteroatoms. The van der Waals surface area contributed by atoms with E-state index < -0.39 is 0 Å². The zero-order valence-corrected chi connectivity index (χ0v) is 13.1. The molecule has 3 rings (SSSR count). The van der Waals surface area contributed by atoms with E-state index in [9.17, 15) is 4.39 Å². The number of aryl methyl sites for hydroxylation is 1. The predicted octanol–water partition coefficient (Wildman–Crippen LogP) is 3.26. The first-order valence-corrected chi connectivity index (χ1v) is 7.46. The minimum atomic E-state index is -0.191. The molecule has 2 aromatic rings. The third-order valence-electron chi connectivity index (χ3n) is 3.96. The lowest BCUT2D eigenvalue weighted by Gasteiger charge is -2.23. The lowest BCUT2D eigenvalue weighted by atomic mass is 9.95. The van der Waals surface area contributed by atoms with Gasteiger partial charge in [-0.3, -0.25) is 4.57 Å². The van der Waals surface area contributed by atoms with Crippen LogP contribution in [0.15, 0.2) is 18.2 Å². The first-order chi connectivity index (χ1) is 9.88. The van der Waals surface area contributed by atoms with Crippen molar-refractivity contribution in [3.8, 4) is 5.69 Å². The Hall–Kier alpha value is -1.68. The molecule has 1 aliphatic rings. The van der Waals surface area contributed by atoms with Crippen molar-refractivity contribution in [2.45, 2.75) is 46.1 Å². The Labute approximate surface area is 125 Å². The van der Waals surface area contributed by atoms with Crippen LogP contribution in [0.2, 0.25) is 0 Å². The third kappa shape index (κ3) is 2.48. The largest absolute Gasteiger partial charge is 0.311 e. The molecule has 0 amide bonds. The molecule has 0 spiro atoms. The van der Waals surface area contributed by atoms with Gasteiger partial charge in [-0.05, 0) is 30.7 Å². The summed E-state index contributed by atoms with van der Waals surface area (Å²) in [5, 5.41) is 3.37. The van der Waals surface area contributed by atoms with E-state index in [0.29, 0.717) is 0 Å². The Balaban J connectivity index is 2.27. The van der Waals surface area contributed by atoms with Crippen LogP contribution < -0.4 is 5.32 Å². The van der Waals surface area contributed by atoms with E-state index in [1.165, 1.54) is 11.8 Å². The fourth-order valence-electron chi connectivity index (χ4n) is 2.94. The molecule has 1 aromatic carbocycles. The second kappa shape index (κ2) is 4.95. The Kier molecular flexibility index (Phi) is 3.36. The van der Waals surface area contributed by atoms with Gasteiger partial charge in [-0.2, -0.15) is 0 Å². The van der Waals surface area contributed by atoms with E-state index in [-0.39, 0.29) is 11.2 Å².